The minimum absolute atomic E-state index is 0.334. The highest BCUT2D eigenvalue weighted by Gasteiger charge is 2.48. The molecule has 0 radical (unpaired) electrons. The maximum atomic E-state index is 12.3. The Balaban J connectivity index is 1.95. The molecular weight excluding hydrogens is 305 g/mol. The van der Waals surface area contributed by atoms with Crippen molar-refractivity contribution >= 4 is 10.1 Å². The second-order valence-corrected chi connectivity index (χ2v) is 6.17. The summed E-state index contributed by atoms with van der Waals surface area (Å²) in [5, 5.41) is 0. The highest BCUT2D eigenvalue weighted by atomic mass is 32.2. The quantitative estimate of drug-likeness (QED) is 0.537. The van der Waals surface area contributed by atoms with Gasteiger partial charge in [-0.15, -0.1) is 0 Å². The molecule has 0 N–H and O–H groups in total. The summed E-state index contributed by atoms with van der Waals surface area (Å²) in [4.78, 5) is 0. The van der Waals surface area contributed by atoms with Crippen molar-refractivity contribution in [3.8, 4) is 16.9 Å². The normalized spacial score (nSPS) is 13.7. The van der Waals surface area contributed by atoms with E-state index < -0.39 is 15.6 Å². The molecule has 1 aliphatic carbocycles. The van der Waals surface area contributed by atoms with Crippen LogP contribution in [0.4, 0.5) is 13.2 Å². The molecule has 3 rings (SSSR count). The predicted molar refractivity (Wildman–Crippen MR) is 70.3 cm³/mol. The molecule has 0 saturated carbocycles. The smallest absolute Gasteiger partial charge is 0.376 e. The summed E-state index contributed by atoms with van der Waals surface area (Å²) in [6.45, 7) is 0. The van der Waals surface area contributed by atoms with Gasteiger partial charge in [0.25, 0.3) is 0 Å². The van der Waals surface area contributed by atoms with E-state index in [4.69, 9.17) is 0 Å². The first-order valence-corrected chi connectivity index (χ1v) is 7.41. The lowest BCUT2D eigenvalue weighted by Crippen LogP contribution is -2.28. The van der Waals surface area contributed by atoms with E-state index in [1.54, 1.807) is 6.07 Å². The molecule has 2 aromatic carbocycles. The van der Waals surface area contributed by atoms with Crippen LogP contribution in [0.15, 0.2) is 42.5 Å². The van der Waals surface area contributed by atoms with Gasteiger partial charge in [0.2, 0.25) is 0 Å². The van der Waals surface area contributed by atoms with E-state index in [-0.39, 0.29) is 5.75 Å². The Labute approximate surface area is 119 Å². The Morgan fingerprint density at radius 1 is 0.952 bits per heavy atom. The van der Waals surface area contributed by atoms with E-state index in [0.29, 0.717) is 6.42 Å². The van der Waals surface area contributed by atoms with Gasteiger partial charge in [-0.1, -0.05) is 30.3 Å². The minimum atomic E-state index is -5.64. The summed E-state index contributed by atoms with van der Waals surface area (Å²) in [6, 6.07) is 11.7. The lowest BCUT2D eigenvalue weighted by Gasteiger charge is -2.10. The number of rotatable bonds is 2. The third kappa shape index (κ3) is 2.37. The van der Waals surface area contributed by atoms with Crippen LogP contribution in [0.5, 0.6) is 5.75 Å². The molecule has 0 saturated heterocycles. The summed E-state index contributed by atoms with van der Waals surface area (Å²) < 4.78 is 63.0. The van der Waals surface area contributed by atoms with Crippen LogP contribution in [0.3, 0.4) is 0 Å². The molecule has 2 aromatic rings. The Morgan fingerprint density at radius 3 is 2.33 bits per heavy atom. The Hall–Kier alpha value is -2.02. The van der Waals surface area contributed by atoms with Crippen LogP contribution in [-0.2, 0) is 16.5 Å². The van der Waals surface area contributed by atoms with Gasteiger partial charge < -0.3 is 4.18 Å². The van der Waals surface area contributed by atoms with Gasteiger partial charge in [0.15, 0.2) is 0 Å². The zero-order valence-corrected chi connectivity index (χ0v) is 11.3. The van der Waals surface area contributed by atoms with E-state index in [1.807, 2.05) is 24.3 Å². The van der Waals surface area contributed by atoms with Crippen LogP contribution in [0.25, 0.3) is 11.1 Å². The van der Waals surface area contributed by atoms with E-state index in [1.165, 1.54) is 12.1 Å². The summed E-state index contributed by atoms with van der Waals surface area (Å²) in [7, 11) is -5.64. The number of hydrogen-bond donors (Lipinski definition) is 0. The van der Waals surface area contributed by atoms with Crippen LogP contribution in [-0.4, -0.2) is 13.9 Å². The van der Waals surface area contributed by atoms with Gasteiger partial charge in [-0.05, 0) is 40.8 Å². The van der Waals surface area contributed by atoms with E-state index in [2.05, 4.69) is 4.18 Å². The molecular formula is C14H9F3O3S. The maximum absolute atomic E-state index is 12.3. The molecule has 3 nitrogen and oxygen atoms in total. The lowest BCUT2D eigenvalue weighted by molar-refractivity contribution is -0.0500. The monoisotopic (exact) mass is 314 g/mol. The number of hydrogen-bond acceptors (Lipinski definition) is 3. The van der Waals surface area contributed by atoms with Crippen molar-refractivity contribution in [3.63, 3.8) is 0 Å². The number of fused-ring (bicyclic) bond motifs is 3. The van der Waals surface area contributed by atoms with Gasteiger partial charge in [0, 0.05) is 0 Å². The van der Waals surface area contributed by atoms with E-state index in [9.17, 15) is 21.6 Å². The molecule has 0 heterocycles. The first-order valence-electron chi connectivity index (χ1n) is 6.00. The molecule has 7 heteroatoms. The maximum Gasteiger partial charge on any atom is 0.534 e. The minimum Gasteiger partial charge on any atom is -0.376 e. The topological polar surface area (TPSA) is 43.4 Å². The van der Waals surface area contributed by atoms with E-state index >= 15 is 0 Å². The number of benzene rings is 2. The fraction of sp³-hybridized carbons (Fsp3) is 0.143. The van der Waals surface area contributed by atoms with Crippen molar-refractivity contribution in [3.05, 3.63) is 53.6 Å². The standard InChI is InChI=1S/C14H9F3O3S/c15-14(16,17)21(18,19)20-11-5-6-13-10(8-11)7-9-3-1-2-4-12(9)13/h1-6,8H,7H2. The Bertz CT molecular complexity index is 810. The zero-order valence-electron chi connectivity index (χ0n) is 10.5. The van der Waals surface area contributed by atoms with Gasteiger partial charge in [0.05, 0.1) is 0 Å². The van der Waals surface area contributed by atoms with Crippen molar-refractivity contribution in [1.82, 2.24) is 0 Å². The highest BCUT2D eigenvalue weighted by molar-refractivity contribution is 7.88. The second kappa shape index (κ2) is 4.49. The molecule has 0 fully saturated rings. The van der Waals surface area contributed by atoms with Crippen molar-refractivity contribution in [2.75, 3.05) is 0 Å². The molecule has 0 spiro atoms. The zero-order chi connectivity index (χ0) is 15.3. The van der Waals surface area contributed by atoms with Gasteiger partial charge in [-0.2, -0.15) is 21.6 Å². The molecule has 110 valence electrons. The summed E-state index contributed by atoms with van der Waals surface area (Å²) >= 11 is 0. The van der Waals surface area contributed by atoms with Crippen molar-refractivity contribution in [2.45, 2.75) is 11.9 Å². The first kappa shape index (κ1) is 13.9. The van der Waals surface area contributed by atoms with E-state index in [0.717, 1.165) is 22.3 Å². The second-order valence-electron chi connectivity index (χ2n) is 4.64. The highest BCUT2D eigenvalue weighted by Crippen LogP contribution is 2.38. The lowest BCUT2D eigenvalue weighted by atomic mass is 10.1. The van der Waals surface area contributed by atoms with Gasteiger partial charge >= 0.3 is 15.6 Å². The molecule has 0 atom stereocenters. The average molecular weight is 314 g/mol. The number of alkyl halides is 3. The van der Waals surface area contributed by atoms with Crippen molar-refractivity contribution in [2.24, 2.45) is 0 Å². The molecule has 0 aromatic heterocycles. The van der Waals surface area contributed by atoms with Crippen LogP contribution in [0.2, 0.25) is 0 Å². The Morgan fingerprint density at radius 2 is 1.62 bits per heavy atom. The first-order chi connectivity index (χ1) is 9.78. The molecule has 0 aliphatic heterocycles. The van der Waals surface area contributed by atoms with Crippen LogP contribution < -0.4 is 4.18 Å². The molecule has 0 amide bonds. The Kier molecular flexibility index (Phi) is 2.98. The van der Waals surface area contributed by atoms with Gasteiger partial charge in [-0.25, -0.2) is 0 Å². The largest absolute Gasteiger partial charge is 0.534 e. The molecule has 1 aliphatic rings. The predicted octanol–water partition coefficient (Wildman–Crippen LogP) is 3.49. The van der Waals surface area contributed by atoms with Crippen LogP contribution in [0, 0.1) is 0 Å². The molecule has 0 unspecified atom stereocenters. The summed E-state index contributed by atoms with van der Waals surface area (Å²) in [6.07, 6.45) is 0.536. The summed E-state index contributed by atoms with van der Waals surface area (Å²) in [5.74, 6) is -0.334. The van der Waals surface area contributed by atoms with Gasteiger partial charge in [-0.3, -0.25) is 0 Å². The van der Waals surface area contributed by atoms with Crippen molar-refractivity contribution in [1.29, 1.82) is 0 Å². The molecule has 21 heavy (non-hydrogen) atoms. The number of halogens is 3. The van der Waals surface area contributed by atoms with Crippen LogP contribution >= 0.6 is 0 Å². The summed E-state index contributed by atoms with van der Waals surface area (Å²) in [5.41, 5.74) is -1.77. The third-order valence-corrected chi connectivity index (χ3v) is 4.23. The molecule has 0 bridgehead atoms. The average Bonchev–Trinajstić information content (AvgIpc) is 2.74. The fourth-order valence-corrected chi connectivity index (χ4v) is 2.80. The van der Waals surface area contributed by atoms with Crippen molar-refractivity contribution < 1.29 is 25.8 Å². The fourth-order valence-electron chi connectivity index (χ4n) is 2.35. The van der Waals surface area contributed by atoms with Crippen LogP contribution in [0.1, 0.15) is 11.1 Å². The SMILES string of the molecule is O=S(=O)(Oc1ccc2c(c1)Cc1ccccc1-2)C(F)(F)F. The van der Waals surface area contributed by atoms with Gasteiger partial charge in [0.1, 0.15) is 5.75 Å². The third-order valence-electron chi connectivity index (χ3n) is 3.25.